The molecule has 168 valence electrons. The molecule has 5 aliphatic rings. The fourth-order valence-electron chi connectivity index (χ4n) is 6.78. The van der Waals surface area contributed by atoms with Gasteiger partial charge in [-0.05, 0) is 62.1 Å². The van der Waals surface area contributed by atoms with Crippen molar-refractivity contribution in [3.05, 3.63) is 35.6 Å². The third kappa shape index (κ3) is 2.77. The molecule has 0 radical (unpaired) electrons. The molecule has 8 heteroatoms. The number of nitrogens with two attached hydrogens (primary N) is 1. The number of halogens is 1. The number of hydrogen-bond donors (Lipinski definition) is 1. The first kappa shape index (κ1) is 20.1. The van der Waals surface area contributed by atoms with Crippen LogP contribution in [0.1, 0.15) is 44.1 Å². The van der Waals surface area contributed by atoms with Crippen LogP contribution in [0.5, 0.6) is 0 Å². The molecule has 1 unspecified atom stereocenters. The third-order valence-corrected chi connectivity index (χ3v) is 8.55. The molecule has 0 aromatic heterocycles. The lowest BCUT2D eigenvalue weighted by Crippen LogP contribution is -2.62. The van der Waals surface area contributed by atoms with Gasteiger partial charge in [-0.15, -0.1) is 0 Å². The first-order valence-electron chi connectivity index (χ1n) is 11.7. The number of amides is 2. The van der Waals surface area contributed by atoms with Crippen LogP contribution in [-0.2, 0) is 15.1 Å². The summed E-state index contributed by atoms with van der Waals surface area (Å²) in [6.07, 6.45) is 5.34. The Kier molecular flexibility index (Phi) is 4.40. The van der Waals surface area contributed by atoms with Crippen molar-refractivity contribution in [3.63, 3.8) is 0 Å². The number of hydrogen-bond acceptors (Lipinski definition) is 5. The first-order valence-corrected chi connectivity index (χ1v) is 11.7. The second-order valence-corrected chi connectivity index (χ2v) is 10.3. The van der Waals surface area contributed by atoms with E-state index in [1.807, 2.05) is 12.1 Å². The zero-order chi connectivity index (χ0) is 22.2. The van der Waals surface area contributed by atoms with Gasteiger partial charge in [0.15, 0.2) is 0 Å². The summed E-state index contributed by atoms with van der Waals surface area (Å²) in [5, 5.41) is 9.39. The first-order chi connectivity index (χ1) is 15.4. The number of piperidine rings is 1. The number of carbonyl (C=O) groups is 2. The van der Waals surface area contributed by atoms with Crippen LogP contribution >= 0.6 is 0 Å². The maximum atomic E-state index is 13.5. The minimum absolute atomic E-state index is 0.0895. The van der Waals surface area contributed by atoms with Gasteiger partial charge in [0.25, 0.3) is 0 Å². The molecule has 2 aliphatic carbocycles. The lowest BCUT2D eigenvalue weighted by Gasteiger charge is -2.53. The number of piperazine rings is 1. The molecule has 6 rings (SSSR count). The van der Waals surface area contributed by atoms with Crippen LogP contribution in [0.15, 0.2) is 24.3 Å². The average Bonchev–Trinajstić information content (AvgIpc) is 3.09. The Morgan fingerprint density at radius 1 is 1.25 bits per heavy atom. The van der Waals surface area contributed by atoms with Gasteiger partial charge in [0.2, 0.25) is 11.8 Å². The van der Waals surface area contributed by atoms with E-state index in [1.165, 1.54) is 12.1 Å². The van der Waals surface area contributed by atoms with E-state index in [1.54, 1.807) is 4.90 Å². The summed E-state index contributed by atoms with van der Waals surface area (Å²) in [6, 6.07) is 7.75. The van der Waals surface area contributed by atoms with E-state index >= 15 is 0 Å². The summed E-state index contributed by atoms with van der Waals surface area (Å²) in [4.78, 5) is 32.3. The Hall–Kier alpha value is -2.50. The van der Waals surface area contributed by atoms with Gasteiger partial charge in [0, 0.05) is 25.2 Å². The van der Waals surface area contributed by atoms with Gasteiger partial charge in [-0.3, -0.25) is 14.5 Å². The van der Waals surface area contributed by atoms with Crippen LogP contribution in [0.3, 0.4) is 0 Å². The van der Waals surface area contributed by atoms with Crippen LogP contribution < -0.4 is 5.73 Å². The van der Waals surface area contributed by atoms with Crippen molar-refractivity contribution < 1.29 is 14.0 Å². The highest BCUT2D eigenvalue weighted by molar-refractivity contribution is 5.87. The highest BCUT2D eigenvalue weighted by Crippen LogP contribution is 2.52. The topological polar surface area (TPSA) is 93.7 Å². The van der Waals surface area contributed by atoms with Crippen molar-refractivity contribution in [1.82, 2.24) is 14.7 Å². The van der Waals surface area contributed by atoms with Gasteiger partial charge in [-0.2, -0.15) is 5.26 Å². The molecular weight excluding hydrogens is 409 g/mol. The molecule has 2 saturated carbocycles. The molecule has 3 heterocycles. The SMILES string of the molecule is N#C[C@@H]1C[C@@H]2C[C@@H]2N1C(=O)[C@@H](N)CN1CC2C[C@@H]1C(=O)N2C1(c2ccc(F)cc2)CCC1. The van der Waals surface area contributed by atoms with Crippen molar-refractivity contribution in [3.8, 4) is 6.07 Å². The summed E-state index contributed by atoms with van der Waals surface area (Å²) in [7, 11) is 0. The van der Waals surface area contributed by atoms with Crippen LogP contribution in [0.2, 0.25) is 0 Å². The van der Waals surface area contributed by atoms with E-state index in [2.05, 4.69) is 15.9 Å². The van der Waals surface area contributed by atoms with Crippen LogP contribution in [0.4, 0.5) is 4.39 Å². The second-order valence-electron chi connectivity index (χ2n) is 10.3. The Balaban J connectivity index is 1.15. The number of benzene rings is 1. The number of nitriles is 1. The van der Waals surface area contributed by atoms with E-state index in [0.29, 0.717) is 19.0 Å². The molecule has 2 bridgehead atoms. The zero-order valence-corrected chi connectivity index (χ0v) is 18.0. The van der Waals surface area contributed by atoms with Crippen molar-refractivity contribution in [2.75, 3.05) is 13.1 Å². The number of nitrogens with zero attached hydrogens (tertiary/aromatic N) is 4. The Labute approximate surface area is 186 Å². The molecule has 6 atom stereocenters. The molecule has 3 aliphatic heterocycles. The number of likely N-dealkylation sites (tertiary alicyclic amines) is 3. The molecule has 0 spiro atoms. The monoisotopic (exact) mass is 437 g/mol. The smallest absolute Gasteiger partial charge is 0.242 e. The Bertz CT molecular complexity index is 1000. The number of fused-ring (bicyclic) bond motifs is 3. The van der Waals surface area contributed by atoms with E-state index in [4.69, 9.17) is 5.73 Å². The maximum absolute atomic E-state index is 13.5. The van der Waals surface area contributed by atoms with Crippen LogP contribution in [0, 0.1) is 23.1 Å². The summed E-state index contributed by atoms with van der Waals surface area (Å²) >= 11 is 0. The largest absolute Gasteiger partial charge is 0.327 e. The summed E-state index contributed by atoms with van der Waals surface area (Å²) in [6.45, 7) is 1.04. The summed E-state index contributed by atoms with van der Waals surface area (Å²) in [5.74, 6) is 0.133. The third-order valence-electron chi connectivity index (χ3n) is 8.55. The molecule has 2 N–H and O–H groups in total. The van der Waals surface area contributed by atoms with Gasteiger partial charge < -0.3 is 15.5 Å². The minimum atomic E-state index is -0.722. The molecular formula is C24H28FN5O2. The lowest BCUT2D eigenvalue weighted by molar-refractivity contribution is -0.150. The normalized spacial score (nSPS) is 35.4. The van der Waals surface area contributed by atoms with Crippen molar-refractivity contribution >= 4 is 11.8 Å². The lowest BCUT2D eigenvalue weighted by atomic mass is 9.70. The summed E-state index contributed by atoms with van der Waals surface area (Å²) in [5.41, 5.74) is 7.00. The molecule has 1 aromatic rings. The van der Waals surface area contributed by atoms with Crippen LogP contribution in [0.25, 0.3) is 0 Å². The van der Waals surface area contributed by atoms with Crippen LogP contribution in [-0.4, -0.2) is 69.8 Å². The Morgan fingerprint density at radius 3 is 2.62 bits per heavy atom. The fraction of sp³-hybridized carbons (Fsp3) is 0.625. The average molecular weight is 438 g/mol. The van der Waals surface area contributed by atoms with E-state index in [9.17, 15) is 19.2 Å². The fourth-order valence-corrected chi connectivity index (χ4v) is 6.78. The van der Waals surface area contributed by atoms with E-state index in [-0.39, 0.29) is 47.3 Å². The molecule has 7 nitrogen and oxygen atoms in total. The van der Waals surface area contributed by atoms with Gasteiger partial charge in [-0.1, -0.05) is 12.1 Å². The molecule has 32 heavy (non-hydrogen) atoms. The molecule has 2 amide bonds. The van der Waals surface area contributed by atoms with E-state index in [0.717, 1.165) is 44.1 Å². The van der Waals surface area contributed by atoms with Gasteiger partial charge >= 0.3 is 0 Å². The van der Waals surface area contributed by atoms with Crippen molar-refractivity contribution in [1.29, 1.82) is 5.26 Å². The van der Waals surface area contributed by atoms with Crippen molar-refractivity contribution in [2.24, 2.45) is 11.7 Å². The quantitative estimate of drug-likeness (QED) is 0.750. The highest BCUT2D eigenvalue weighted by atomic mass is 19.1. The predicted molar refractivity (Wildman–Crippen MR) is 113 cm³/mol. The molecule has 1 aromatic carbocycles. The molecule has 5 fully saturated rings. The number of rotatable bonds is 5. The molecule has 3 saturated heterocycles. The standard InChI is InChI=1S/C24H28FN5O2/c25-16-4-2-15(3-5-16)24(6-1-7-24)30-18-10-21(23(30)32)28(12-18)13-19(27)22(31)29-17(11-26)8-14-9-20(14)29/h2-5,14,17-21H,1,6-10,12-13,27H2/t14-,17+,18?,19+,20+,21-/m1/s1. The highest BCUT2D eigenvalue weighted by Gasteiger charge is 2.59. The van der Waals surface area contributed by atoms with Gasteiger partial charge in [-0.25, -0.2) is 4.39 Å². The zero-order valence-electron chi connectivity index (χ0n) is 18.0. The van der Waals surface area contributed by atoms with Crippen molar-refractivity contribution in [2.45, 2.75) is 74.3 Å². The maximum Gasteiger partial charge on any atom is 0.242 e. The van der Waals surface area contributed by atoms with Gasteiger partial charge in [0.1, 0.15) is 11.9 Å². The van der Waals surface area contributed by atoms with Gasteiger partial charge in [0.05, 0.1) is 23.7 Å². The minimum Gasteiger partial charge on any atom is -0.327 e. The predicted octanol–water partition coefficient (Wildman–Crippen LogP) is 1.33. The van der Waals surface area contributed by atoms with E-state index < -0.39 is 6.04 Å². The number of carbonyl (C=O) groups excluding carboxylic acids is 2. The summed E-state index contributed by atoms with van der Waals surface area (Å²) < 4.78 is 13.5. The second kappa shape index (κ2) is 7.00. The Morgan fingerprint density at radius 2 is 2.00 bits per heavy atom.